The van der Waals surface area contributed by atoms with Crippen LogP contribution in [0.3, 0.4) is 0 Å². The van der Waals surface area contributed by atoms with Gasteiger partial charge in [-0.05, 0) is 44.7 Å². The largest absolute Gasteiger partial charge is 0.492 e. The molecular weight excluding hydrogens is 413 g/mol. The number of nitrogens with one attached hydrogen (secondary N) is 1. The first-order chi connectivity index (χ1) is 13.8. The average Bonchev–Trinajstić information content (AvgIpc) is 2.69. The third-order valence-corrected chi connectivity index (χ3v) is 6.50. The summed E-state index contributed by atoms with van der Waals surface area (Å²) in [7, 11) is 3.21. The Morgan fingerprint density at radius 3 is 2.24 bits per heavy atom. The molecule has 1 rings (SSSR count). The summed E-state index contributed by atoms with van der Waals surface area (Å²) in [5.74, 6) is 0.999. The van der Waals surface area contributed by atoms with Crippen LogP contribution in [-0.4, -0.2) is 53.3 Å². The van der Waals surface area contributed by atoms with Crippen molar-refractivity contribution in [3.05, 3.63) is 29.8 Å². The number of hydrogen-bond acceptors (Lipinski definition) is 7. The zero-order valence-corrected chi connectivity index (χ0v) is 20.1. The van der Waals surface area contributed by atoms with Crippen molar-refractivity contribution in [2.24, 2.45) is 5.92 Å². The van der Waals surface area contributed by atoms with Gasteiger partial charge >= 0.3 is 0 Å². The minimum atomic E-state index is -2.60. The van der Waals surface area contributed by atoms with E-state index in [1.807, 2.05) is 45.0 Å². The molecule has 0 aliphatic carbocycles. The van der Waals surface area contributed by atoms with E-state index in [1.54, 1.807) is 14.2 Å². The van der Waals surface area contributed by atoms with Gasteiger partial charge in [-0.25, -0.2) is 5.09 Å². The van der Waals surface area contributed by atoms with Crippen LogP contribution >= 0.6 is 6.64 Å². The third-order valence-electron chi connectivity index (χ3n) is 3.74. The smallest absolute Gasteiger partial charge is 0.261 e. The van der Waals surface area contributed by atoms with Gasteiger partial charge in [0.1, 0.15) is 12.4 Å². The Labute approximate surface area is 180 Å². The molecule has 9 heteroatoms. The van der Waals surface area contributed by atoms with E-state index in [1.165, 1.54) is 0 Å². The Kier molecular flexibility index (Phi) is 13.2. The number of benzene rings is 1. The van der Waals surface area contributed by atoms with Crippen molar-refractivity contribution in [2.75, 3.05) is 47.2 Å². The maximum Gasteiger partial charge on any atom is 0.261 e. The van der Waals surface area contributed by atoms with Crippen molar-refractivity contribution in [1.82, 2.24) is 5.09 Å². The van der Waals surface area contributed by atoms with Crippen LogP contribution in [-0.2, 0) is 35.1 Å². The second-order valence-electron chi connectivity index (χ2n) is 6.84. The first-order valence-corrected chi connectivity index (χ1v) is 12.5. The molecule has 2 atom stereocenters. The van der Waals surface area contributed by atoms with Crippen LogP contribution in [0, 0.1) is 5.92 Å². The maximum absolute atomic E-state index is 5.95. The van der Waals surface area contributed by atoms with Gasteiger partial charge in [-0.1, -0.05) is 19.1 Å². The van der Waals surface area contributed by atoms with Gasteiger partial charge < -0.3 is 28.0 Å². The van der Waals surface area contributed by atoms with Crippen molar-refractivity contribution in [2.45, 2.75) is 40.1 Å². The van der Waals surface area contributed by atoms with Crippen LogP contribution in [0.1, 0.15) is 39.5 Å². The Morgan fingerprint density at radius 2 is 1.69 bits per heavy atom. The van der Waals surface area contributed by atoms with Crippen LogP contribution < -0.4 is 9.82 Å². The molecule has 0 saturated heterocycles. The second-order valence-corrected chi connectivity index (χ2v) is 10.1. The maximum atomic E-state index is 5.95. The molecule has 29 heavy (non-hydrogen) atoms. The fourth-order valence-corrected chi connectivity index (χ4v) is 4.99. The molecule has 1 N–H and O–H groups in total. The van der Waals surface area contributed by atoms with E-state index >= 15 is 0 Å². The van der Waals surface area contributed by atoms with E-state index in [-0.39, 0.29) is 18.3 Å². The molecule has 1 aromatic rings. The number of rotatable bonds is 16. The fourth-order valence-electron chi connectivity index (χ4n) is 2.42. The summed E-state index contributed by atoms with van der Waals surface area (Å²) in [4.78, 5) is 0. The molecule has 0 spiro atoms. The van der Waals surface area contributed by atoms with Crippen molar-refractivity contribution in [3.63, 3.8) is 0 Å². The molecule has 1 aromatic carbocycles. The van der Waals surface area contributed by atoms with Crippen LogP contribution in [0.5, 0.6) is 5.75 Å². The highest BCUT2D eigenvalue weighted by Crippen LogP contribution is 2.45. The normalized spacial score (nSPS) is 14.9. The molecule has 0 saturated carbocycles. The minimum absolute atomic E-state index is 0.0292. The highest BCUT2D eigenvalue weighted by Gasteiger charge is 2.21. The van der Waals surface area contributed by atoms with Crippen molar-refractivity contribution in [1.29, 1.82) is 0 Å². The molecule has 0 aliphatic heterocycles. The molecule has 2 unspecified atom stereocenters. The Morgan fingerprint density at radius 1 is 1.03 bits per heavy atom. The van der Waals surface area contributed by atoms with Crippen molar-refractivity contribution in [3.8, 4) is 5.75 Å². The predicted molar refractivity (Wildman–Crippen MR) is 119 cm³/mol. The van der Waals surface area contributed by atoms with E-state index in [0.29, 0.717) is 33.0 Å². The average molecular weight is 450 g/mol. The van der Waals surface area contributed by atoms with E-state index in [0.717, 1.165) is 11.3 Å². The van der Waals surface area contributed by atoms with Crippen molar-refractivity contribution >= 4 is 18.4 Å². The van der Waals surface area contributed by atoms with E-state index in [9.17, 15) is 0 Å². The second kappa shape index (κ2) is 14.4. The monoisotopic (exact) mass is 449 g/mol. The highest BCUT2D eigenvalue weighted by molar-refractivity contribution is 8.09. The van der Waals surface area contributed by atoms with Gasteiger partial charge in [0.25, 0.3) is 6.64 Å². The summed E-state index contributed by atoms with van der Waals surface area (Å²) in [5, 5.41) is 3.23. The number of hydrogen-bond donors (Lipinski definition) is 1. The fraction of sp³-hybridized carbons (Fsp3) is 0.700. The zero-order chi connectivity index (χ0) is 21.7. The lowest BCUT2D eigenvalue weighted by Gasteiger charge is -2.26. The van der Waals surface area contributed by atoms with Crippen LogP contribution in [0.15, 0.2) is 24.3 Å². The molecule has 0 amide bonds. The lowest BCUT2D eigenvalue weighted by molar-refractivity contribution is -0.106. The zero-order valence-electron chi connectivity index (χ0n) is 18.4. The minimum Gasteiger partial charge on any atom is -0.492 e. The number of methoxy groups -OCH3 is 2. The standard InChI is InChI=1S/C20H36NO6PS/c1-7-24-14-17(4)15-26-28(29,27-16(2)3)21-12-13-25-19-10-8-18(9-11-19)20(22-5)23-6/h8-11,16-17,20H,7,12-15H2,1-6H3,(H,21,29). The predicted octanol–water partition coefficient (Wildman–Crippen LogP) is 4.29. The van der Waals surface area contributed by atoms with Gasteiger partial charge in [-0.15, -0.1) is 0 Å². The van der Waals surface area contributed by atoms with Gasteiger partial charge in [-0.2, -0.15) is 0 Å². The molecular formula is C20H36NO6PS. The highest BCUT2D eigenvalue weighted by atomic mass is 32.5. The molecule has 0 aromatic heterocycles. The van der Waals surface area contributed by atoms with Crippen molar-refractivity contribution < 1.29 is 28.0 Å². The first-order valence-electron chi connectivity index (χ1n) is 9.87. The molecule has 0 bridgehead atoms. The molecule has 0 radical (unpaired) electrons. The summed E-state index contributed by atoms with van der Waals surface area (Å²) < 4.78 is 33.5. The molecule has 7 nitrogen and oxygen atoms in total. The summed E-state index contributed by atoms with van der Waals surface area (Å²) in [6.45, 7) is 8.10. The SMILES string of the molecule is CCOCC(C)COP(=S)(NCCOc1ccc(C(OC)OC)cc1)OC(C)C. The van der Waals surface area contributed by atoms with Crippen LogP contribution in [0.2, 0.25) is 0 Å². The molecule has 0 fully saturated rings. The molecule has 168 valence electrons. The summed E-state index contributed by atoms with van der Waals surface area (Å²) >= 11 is 5.64. The Bertz CT molecular complexity index is 597. The first kappa shape index (κ1) is 26.5. The van der Waals surface area contributed by atoms with Crippen LogP contribution in [0.25, 0.3) is 0 Å². The van der Waals surface area contributed by atoms with Gasteiger partial charge in [0, 0.05) is 38.9 Å². The van der Waals surface area contributed by atoms with E-state index in [4.69, 9.17) is 39.8 Å². The Hall–Kier alpha value is -0.570. The van der Waals surface area contributed by atoms with Gasteiger partial charge in [0.15, 0.2) is 6.29 Å². The lowest BCUT2D eigenvalue weighted by Crippen LogP contribution is -2.24. The van der Waals surface area contributed by atoms with Crippen LogP contribution in [0.4, 0.5) is 0 Å². The summed E-state index contributed by atoms with van der Waals surface area (Å²) in [5.41, 5.74) is 0.927. The summed E-state index contributed by atoms with van der Waals surface area (Å²) in [6, 6.07) is 7.59. The summed E-state index contributed by atoms with van der Waals surface area (Å²) in [6.07, 6.45) is -0.412. The topological polar surface area (TPSA) is 67.4 Å². The Balaban J connectivity index is 2.48. The van der Waals surface area contributed by atoms with Gasteiger partial charge in [-0.3, -0.25) is 0 Å². The molecule has 0 heterocycles. The van der Waals surface area contributed by atoms with Gasteiger partial charge in [0.05, 0.1) is 19.3 Å². The van der Waals surface area contributed by atoms with E-state index < -0.39 is 6.64 Å². The molecule has 0 aliphatic rings. The number of ether oxygens (including phenoxy) is 4. The lowest BCUT2D eigenvalue weighted by atomic mass is 10.2. The third kappa shape index (κ3) is 10.9. The quantitative estimate of drug-likeness (QED) is 0.228. The van der Waals surface area contributed by atoms with Gasteiger partial charge in [0.2, 0.25) is 0 Å². The van der Waals surface area contributed by atoms with E-state index in [2.05, 4.69) is 12.0 Å².